The van der Waals surface area contributed by atoms with Crippen molar-refractivity contribution in [2.24, 2.45) is 0 Å². The monoisotopic (exact) mass is 279 g/mol. The minimum atomic E-state index is -0.204. The molecule has 0 fully saturated rings. The Morgan fingerprint density at radius 2 is 2.00 bits per heavy atom. The summed E-state index contributed by atoms with van der Waals surface area (Å²) in [7, 11) is 1.38. The Bertz CT molecular complexity index is 471. The third kappa shape index (κ3) is 4.91. The number of nitrogens with one attached hydrogen (secondary N) is 1. The van der Waals surface area contributed by atoms with E-state index in [2.05, 4.69) is 10.1 Å². The summed E-state index contributed by atoms with van der Waals surface area (Å²) in [6, 6.07) is 4.88. The van der Waals surface area contributed by atoms with Gasteiger partial charge in [-0.2, -0.15) is 0 Å². The van der Waals surface area contributed by atoms with Gasteiger partial charge in [-0.05, 0) is 31.9 Å². The quantitative estimate of drug-likeness (QED) is 0.592. The lowest BCUT2D eigenvalue weighted by molar-refractivity contribution is -0.140. The summed E-state index contributed by atoms with van der Waals surface area (Å²) < 4.78 is 4.54. The van der Waals surface area contributed by atoms with E-state index in [1.54, 1.807) is 25.1 Å². The molecule has 0 atom stereocenters. The van der Waals surface area contributed by atoms with Gasteiger partial charge in [-0.1, -0.05) is 12.5 Å². The Hall–Kier alpha value is -2.04. The van der Waals surface area contributed by atoms with Crippen molar-refractivity contribution in [2.75, 3.05) is 13.7 Å². The number of carbonyl (C=O) groups is 2. The molecule has 20 heavy (non-hydrogen) atoms. The maximum Gasteiger partial charge on any atom is 0.305 e. The van der Waals surface area contributed by atoms with Crippen molar-refractivity contribution in [3.05, 3.63) is 29.3 Å². The minimum Gasteiger partial charge on any atom is -0.508 e. The number of aromatic hydroxyl groups is 1. The molecule has 1 amide bonds. The summed E-state index contributed by atoms with van der Waals surface area (Å²) in [6.45, 7) is 2.26. The number of benzene rings is 1. The molecule has 5 nitrogen and oxygen atoms in total. The first-order valence-electron chi connectivity index (χ1n) is 6.70. The highest BCUT2D eigenvalue weighted by molar-refractivity contribution is 5.96. The first-order valence-corrected chi connectivity index (χ1v) is 6.70. The predicted octanol–water partition coefficient (Wildman–Crippen LogP) is 2.16. The molecule has 5 heteroatoms. The molecule has 0 radical (unpaired) electrons. The Morgan fingerprint density at radius 1 is 1.25 bits per heavy atom. The third-order valence-electron chi connectivity index (χ3n) is 3.12. The van der Waals surface area contributed by atoms with Crippen LogP contribution in [-0.2, 0) is 9.53 Å². The lowest BCUT2D eigenvalue weighted by Gasteiger charge is -2.08. The van der Waals surface area contributed by atoms with Crippen LogP contribution < -0.4 is 5.32 Å². The second-order valence-corrected chi connectivity index (χ2v) is 4.59. The van der Waals surface area contributed by atoms with E-state index in [-0.39, 0.29) is 17.6 Å². The highest BCUT2D eigenvalue weighted by Gasteiger charge is 2.10. The first-order chi connectivity index (χ1) is 9.56. The molecule has 0 aliphatic carbocycles. The summed E-state index contributed by atoms with van der Waals surface area (Å²) in [6.07, 6.45) is 2.83. The number of esters is 1. The van der Waals surface area contributed by atoms with Gasteiger partial charge in [0.05, 0.1) is 7.11 Å². The third-order valence-corrected chi connectivity index (χ3v) is 3.12. The molecule has 0 aromatic heterocycles. The number of carbonyl (C=O) groups excluding carboxylic acids is 2. The van der Waals surface area contributed by atoms with Crippen LogP contribution in [0.4, 0.5) is 0 Å². The zero-order valence-corrected chi connectivity index (χ0v) is 11.9. The van der Waals surface area contributed by atoms with Crippen molar-refractivity contribution in [1.82, 2.24) is 5.32 Å². The van der Waals surface area contributed by atoms with E-state index in [0.29, 0.717) is 24.1 Å². The van der Waals surface area contributed by atoms with Crippen LogP contribution in [0.5, 0.6) is 5.75 Å². The molecule has 0 aliphatic heterocycles. The fraction of sp³-hybridized carbons (Fsp3) is 0.467. The number of rotatable bonds is 7. The molecule has 1 aromatic rings. The number of unbranched alkanes of at least 4 members (excludes halogenated alkanes) is 2. The molecule has 0 unspecified atom stereocenters. The van der Waals surface area contributed by atoms with E-state index < -0.39 is 0 Å². The molecule has 0 bridgehead atoms. The maximum atomic E-state index is 11.9. The predicted molar refractivity (Wildman–Crippen MR) is 75.7 cm³/mol. The van der Waals surface area contributed by atoms with Crippen molar-refractivity contribution >= 4 is 11.9 Å². The molecule has 0 aliphatic rings. The summed E-state index contributed by atoms with van der Waals surface area (Å²) in [4.78, 5) is 22.8. The van der Waals surface area contributed by atoms with Crippen molar-refractivity contribution in [3.8, 4) is 5.75 Å². The highest BCUT2D eigenvalue weighted by atomic mass is 16.5. The molecule has 0 heterocycles. The number of amides is 1. The van der Waals surface area contributed by atoms with Gasteiger partial charge in [-0.15, -0.1) is 0 Å². The van der Waals surface area contributed by atoms with Gasteiger partial charge < -0.3 is 15.2 Å². The number of hydrogen-bond acceptors (Lipinski definition) is 4. The summed E-state index contributed by atoms with van der Waals surface area (Å²) in [5.41, 5.74) is 1.07. The molecule has 1 rings (SSSR count). The van der Waals surface area contributed by atoms with Crippen LogP contribution in [0, 0.1) is 6.92 Å². The molecular formula is C15H21NO4. The Kier molecular flexibility index (Phi) is 6.56. The lowest BCUT2D eigenvalue weighted by Crippen LogP contribution is -2.25. The summed E-state index contributed by atoms with van der Waals surface area (Å²) >= 11 is 0. The number of hydrogen-bond donors (Lipinski definition) is 2. The Labute approximate surface area is 118 Å². The van der Waals surface area contributed by atoms with Crippen molar-refractivity contribution in [2.45, 2.75) is 32.6 Å². The summed E-state index contributed by atoms with van der Waals surface area (Å²) in [5, 5.41) is 12.3. The van der Waals surface area contributed by atoms with Crippen LogP contribution in [0.15, 0.2) is 18.2 Å². The van der Waals surface area contributed by atoms with Gasteiger partial charge in [-0.25, -0.2) is 0 Å². The summed E-state index contributed by atoms with van der Waals surface area (Å²) in [5.74, 6) is -0.272. The van der Waals surface area contributed by atoms with Crippen LogP contribution in [-0.4, -0.2) is 30.6 Å². The van der Waals surface area contributed by atoms with Gasteiger partial charge in [0.15, 0.2) is 0 Å². The number of phenols is 1. The molecule has 2 N–H and O–H groups in total. The van der Waals surface area contributed by atoms with Crippen molar-refractivity contribution < 1.29 is 19.4 Å². The number of ether oxygens (including phenoxy) is 1. The van der Waals surface area contributed by atoms with Crippen LogP contribution in [0.1, 0.15) is 41.6 Å². The highest BCUT2D eigenvalue weighted by Crippen LogP contribution is 2.19. The van der Waals surface area contributed by atoms with Crippen molar-refractivity contribution in [1.29, 1.82) is 0 Å². The van der Waals surface area contributed by atoms with Crippen LogP contribution in [0.3, 0.4) is 0 Å². The molecular weight excluding hydrogens is 258 g/mol. The fourth-order valence-electron chi connectivity index (χ4n) is 1.84. The maximum absolute atomic E-state index is 11.9. The van der Waals surface area contributed by atoms with Crippen LogP contribution in [0.25, 0.3) is 0 Å². The minimum absolute atomic E-state index is 0.121. The van der Waals surface area contributed by atoms with E-state index in [9.17, 15) is 14.7 Å². The van der Waals surface area contributed by atoms with Gasteiger partial charge in [0, 0.05) is 24.1 Å². The zero-order chi connectivity index (χ0) is 15.0. The Morgan fingerprint density at radius 3 is 2.70 bits per heavy atom. The van der Waals surface area contributed by atoms with Crippen molar-refractivity contribution in [3.63, 3.8) is 0 Å². The van der Waals surface area contributed by atoms with E-state index in [4.69, 9.17) is 0 Å². The average Bonchev–Trinajstić information content (AvgIpc) is 2.44. The van der Waals surface area contributed by atoms with E-state index in [0.717, 1.165) is 19.3 Å². The van der Waals surface area contributed by atoms with Gasteiger partial charge in [-0.3, -0.25) is 9.59 Å². The van der Waals surface area contributed by atoms with Gasteiger partial charge in [0.1, 0.15) is 5.75 Å². The lowest BCUT2D eigenvalue weighted by atomic mass is 10.1. The zero-order valence-electron chi connectivity index (χ0n) is 11.9. The second kappa shape index (κ2) is 8.19. The SMILES string of the molecule is COC(=O)CCCCCNC(=O)c1cccc(O)c1C. The molecule has 0 saturated carbocycles. The largest absolute Gasteiger partial charge is 0.508 e. The van der Waals surface area contributed by atoms with Gasteiger partial charge in [0.25, 0.3) is 5.91 Å². The van der Waals surface area contributed by atoms with Crippen LogP contribution in [0.2, 0.25) is 0 Å². The van der Waals surface area contributed by atoms with E-state index in [1.807, 2.05) is 0 Å². The molecule has 110 valence electrons. The molecule has 0 saturated heterocycles. The van der Waals surface area contributed by atoms with E-state index >= 15 is 0 Å². The topological polar surface area (TPSA) is 75.6 Å². The normalized spacial score (nSPS) is 10.1. The average molecular weight is 279 g/mol. The molecule has 1 aromatic carbocycles. The smallest absolute Gasteiger partial charge is 0.305 e. The fourth-order valence-corrected chi connectivity index (χ4v) is 1.84. The van der Waals surface area contributed by atoms with Gasteiger partial charge in [0.2, 0.25) is 0 Å². The molecule has 0 spiro atoms. The standard InChI is InChI=1S/C15H21NO4/c1-11-12(7-6-8-13(11)17)15(19)16-10-5-3-4-9-14(18)20-2/h6-8,17H,3-5,9-10H2,1-2H3,(H,16,19). The first kappa shape index (κ1) is 16.0. The van der Waals surface area contributed by atoms with Gasteiger partial charge >= 0.3 is 5.97 Å². The second-order valence-electron chi connectivity index (χ2n) is 4.59. The van der Waals surface area contributed by atoms with E-state index in [1.165, 1.54) is 7.11 Å². The van der Waals surface area contributed by atoms with Crippen LogP contribution >= 0.6 is 0 Å². The number of methoxy groups -OCH3 is 1. The Balaban J connectivity index is 2.27. The number of phenolic OH excluding ortho intramolecular Hbond substituents is 1.